The van der Waals surface area contributed by atoms with Crippen molar-refractivity contribution >= 4 is 5.78 Å². The largest absolute Gasteiger partial charge is 0.393 e. The van der Waals surface area contributed by atoms with E-state index in [9.17, 15) is 4.79 Å². The van der Waals surface area contributed by atoms with Crippen molar-refractivity contribution in [3.63, 3.8) is 0 Å². The summed E-state index contributed by atoms with van der Waals surface area (Å²) in [4.78, 5) is 10.1. The number of carbonyl (C=O) groups excluding carboxylic acids is 1. The quantitative estimate of drug-likeness (QED) is 0.836. The molecule has 0 radical (unpaired) electrons. The predicted octanol–water partition coefficient (Wildman–Crippen LogP) is 3.37. The zero-order chi connectivity index (χ0) is 13.0. The van der Waals surface area contributed by atoms with Crippen LogP contribution >= 0.6 is 0 Å². The third-order valence-corrected chi connectivity index (χ3v) is 1.52. The van der Waals surface area contributed by atoms with Gasteiger partial charge in [-0.05, 0) is 20.8 Å². The minimum atomic E-state index is -0.475. The molecule has 1 aromatic rings. The molecule has 1 aromatic carbocycles. The number of hydrogen-bond acceptors (Lipinski definition) is 2. The van der Waals surface area contributed by atoms with Crippen molar-refractivity contribution < 1.29 is 9.90 Å². The van der Waals surface area contributed by atoms with Crippen molar-refractivity contribution in [1.29, 1.82) is 0 Å². The van der Waals surface area contributed by atoms with E-state index in [0.717, 1.165) is 0 Å². The molecule has 1 atom stereocenters. The Labute approximate surface area is 99.3 Å². The smallest absolute Gasteiger partial charge is 0.132 e. The van der Waals surface area contributed by atoms with Crippen LogP contribution in [-0.4, -0.2) is 17.0 Å². The molecule has 0 amide bonds. The van der Waals surface area contributed by atoms with Crippen LogP contribution in [0.15, 0.2) is 30.3 Å². The van der Waals surface area contributed by atoms with Crippen molar-refractivity contribution in [3.8, 4) is 0 Å². The fraction of sp³-hybridized carbons (Fsp3) is 0.500. The molecule has 0 aliphatic carbocycles. The molecule has 1 rings (SSSR count). The topological polar surface area (TPSA) is 37.3 Å². The molecular formula is C14H24O2. The summed E-state index contributed by atoms with van der Waals surface area (Å²) in [5, 5.41) is 8.50. The van der Waals surface area contributed by atoms with E-state index in [1.165, 1.54) is 12.5 Å². The van der Waals surface area contributed by atoms with Crippen LogP contribution in [-0.2, 0) is 4.79 Å². The van der Waals surface area contributed by atoms with Gasteiger partial charge < -0.3 is 5.11 Å². The van der Waals surface area contributed by atoms with Gasteiger partial charge in [0.2, 0.25) is 0 Å². The minimum absolute atomic E-state index is 0.0370. The third kappa shape index (κ3) is 15.3. The zero-order valence-corrected chi connectivity index (χ0v) is 11.0. The van der Waals surface area contributed by atoms with E-state index in [2.05, 4.69) is 19.1 Å². The lowest BCUT2D eigenvalue weighted by molar-refractivity contribution is -0.118. The predicted molar refractivity (Wildman–Crippen MR) is 69.5 cm³/mol. The highest BCUT2D eigenvalue weighted by Crippen LogP contribution is 1.92. The number of hydrogen-bond donors (Lipinski definition) is 1. The normalized spacial score (nSPS) is 10.1. The van der Waals surface area contributed by atoms with Gasteiger partial charge in [-0.3, -0.25) is 4.79 Å². The number of ketones is 1. The number of Topliss-reactive ketones (excluding diaryl/α,β-unsaturated/α-hetero) is 1. The monoisotopic (exact) mass is 224 g/mol. The van der Waals surface area contributed by atoms with Crippen LogP contribution in [0, 0.1) is 6.92 Å². The Morgan fingerprint density at radius 1 is 1.25 bits per heavy atom. The lowest BCUT2D eigenvalue weighted by atomic mass is 10.2. The molecule has 2 nitrogen and oxygen atoms in total. The molecule has 0 aliphatic heterocycles. The van der Waals surface area contributed by atoms with Crippen LogP contribution in [0.1, 0.15) is 39.7 Å². The Morgan fingerprint density at radius 2 is 1.69 bits per heavy atom. The molecule has 0 spiro atoms. The van der Waals surface area contributed by atoms with E-state index in [1.54, 1.807) is 6.92 Å². The summed E-state index contributed by atoms with van der Waals surface area (Å²) in [5.41, 5.74) is 1.32. The van der Waals surface area contributed by atoms with Gasteiger partial charge in [0, 0.05) is 6.42 Å². The fourth-order valence-electron chi connectivity index (χ4n) is 0.950. The van der Waals surface area contributed by atoms with Gasteiger partial charge in [-0.2, -0.15) is 0 Å². The molecule has 1 unspecified atom stereocenters. The molecule has 0 aromatic heterocycles. The van der Waals surface area contributed by atoms with Gasteiger partial charge in [0.25, 0.3) is 0 Å². The van der Waals surface area contributed by atoms with Gasteiger partial charge in [0.1, 0.15) is 5.78 Å². The van der Waals surface area contributed by atoms with Crippen LogP contribution in [0.2, 0.25) is 0 Å². The number of aliphatic hydroxyl groups is 1. The Hall–Kier alpha value is -1.15. The number of carbonyl (C=O) groups is 1. The van der Waals surface area contributed by atoms with E-state index >= 15 is 0 Å². The molecule has 1 N–H and O–H groups in total. The Bertz CT molecular complexity index is 253. The van der Waals surface area contributed by atoms with Gasteiger partial charge in [0.05, 0.1) is 6.10 Å². The molecule has 0 heterocycles. The average Bonchev–Trinajstić information content (AvgIpc) is 2.20. The maximum atomic E-state index is 10.1. The van der Waals surface area contributed by atoms with Crippen molar-refractivity contribution in [1.82, 2.24) is 0 Å². The lowest BCUT2D eigenvalue weighted by Crippen LogP contribution is -2.04. The highest BCUT2D eigenvalue weighted by Gasteiger charge is 1.96. The molecule has 92 valence electrons. The first-order chi connectivity index (χ1) is 7.52. The van der Waals surface area contributed by atoms with Gasteiger partial charge in [-0.15, -0.1) is 0 Å². The van der Waals surface area contributed by atoms with Crippen LogP contribution in [0.5, 0.6) is 0 Å². The molecule has 16 heavy (non-hydrogen) atoms. The SMILES string of the molecule is CC.CC(=O)CC(C)O.Cc1ccccc1. The Balaban J connectivity index is 0. The molecule has 0 fully saturated rings. The van der Waals surface area contributed by atoms with E-state index < -0.39 is 6.10 Å². The first kappa shape index (κ1) is 17.3. The fourth-order valence-corrected chi connectivity index (χ4v) is 0.950. The van der Waals surface area contributed by atoms with E-state index in [-0.39, 0.29) is 12.2 Å². The molecule has 0 aliphatic rings. The van der Waals surface area contributed by atoms with Crippen LogP contribution in [0.3, 0.4) is 0 Å². The van der Waals surface area contributed by atoms with Crippen LogP contribution in [0.25, 0.3) is 0 Å². The summed E-state index contributed by atoms with van der Waals surface area (Å²) in [6, 6.07) is 10.3. The van der Waals surface area contributed by atoms with Gasteiger partial charge in [0.15, 0.2) is 0 Å². The number of aryl methyl sites for hydroxylation is 1. The first-order valence-electron chi connectivity index (χ1n) is 5.71. The second-order valence-corrected chi connectivity index (χ2v) is 3.41. The van der Waals surface area contributed by atoms with Gasteiger partial charge in [-0.1, -0.05) is 49.7 Å². The van der Waals surface area contributed by atoms with E-state index in [0.29, 0.717) is 0 Å². The summed E-state index contributed by atoms with van der Waals surface area (Å²) in [7, 11) is 0. The third-order valence-electron chi connectivity index (χ3n) is 1.52. The summed E-state index contributed by atoms with van der Waals surface area (Å²) < 4.78 is 0. The summed E-state index contributed by atoms with van der Waals surface area (Å²) in [6.07, 6.45) is -0.197. The van der Waals surface area contributed by atoms with Crippen LogP contribution < -0.4 is 0 Å². The van der Waals surface area contributed by atoms with Gasteiger partial charge in [-0.25, -0.2) is 0 Å². The van der Waals surface area contributed by atoms with Crippen molar-refractivity contribution in [3.05, 3.63) is 35.9 Å². The molecular weight excluding hydrogens is 200 g/mol. The van der Waals surface area contributed by atoms with E-state index in [4.69, 9.17) is 5.11 Å². The first-order valence-corrected chi connectivity index (χ1v) is 5.71. The number of aliphatic hydroxyl groups excluding tert-OH is 1. The molecule has 0 saturated carbocycles. The van der Waals surface area contributed by atoms with Crippen molar-refractivity contribution in [2.75, 3.05) is 0 Å². The summed E-state index contributed by atoms with van der Waals surface area (Å²) in [5.74, 6) is 0.0370. The standard InChI is InChI=1S/C7H8.C5H10O2.C2H6/c1-7-5-3-2-4-6-7;1-4(6)3-5(2)7;1-2/h2-6H,1H3;4,6H,3H2,1-2H3;1-2H3. The maximum absolute atomic E-state index is 10.1. The molecule has 2 heteroatoms. The Morgan fingerprint density at radius 3 is 1.81 bits per heavy atom. The number of benzene rings is 1. The Kier molecular flexibility index (Phi) is 12.9. The van der Waals surface area contributed by atoms with Gasteiger partial charge >= 0.3 is 0 Å². The highest BCUT2D eigenvalue weighted by molar-refractivity contribution is 5.75. The zero-order valence-electron chi connectivity index (χ0n) is 11.0. The maximum Gasteiger partial charge on any atom is 0.132 e. The van der Waals surface area contributed by atoms with Crippen molar-refractivity contribution in [2.24, 2.45) is 0 Å². The summed E-state index contributed by atoms with van der Waals surface area (Å²) >= 11 is 0. The second-order valence-electron chi connectivity index (χ2n) is 3.41. The average molecular weight is 224 g/mol. The van der Waals surface area contributed by atoms with Crippen LogP contribution in [0.4, 0.5) is 0 Å². The highest BCUT2D eigenvalue weighted by atomic mass is 16.3. The number of rotatable bonds is 2. The molecule has 0 bridgehead atoms. The summed E-state index contributed by atoms with van der Waals surface area (Å²) in [6.45, 7) is 9.15. The molecule has 0 saturated heterocycles. The minimum Gasteiger partial charge on any atom is -0.393 e. The van der Waals surface area contributed by atoms with E-state index in [1.807, 2.05) is 32.0 Å². The lowest BCUT2D eigenvalue weighted by Gasteiger charge is -1.95. The second kappa shape index (κ2) is 11.9. The van der Waals surface area contributed by atoms with Crippen molar-refractivity contribution in [2.45, 2.75) is 47.1 Å².